The Morgan fingerprint density at radius 2 is 2.35 bits per heavy atom. The summed E-state index contributed by atoms with van der Waals surface area (Å²) in [5.74, 6) is 1.44. The number of nitrogens with two attached hydrogens (primary N) is 1. The largest absolute Gasteiger partial charge is 0.389 e. The molecule has 1 atom stereocenters. The second-order valence-corrected chi connectivity index (χ2v) is 5.22. The van der Waals surface area contributed by atoms with E-state index in [0.717, 1.165) is 17.9 Å². The van der Waals surface area contributed by atoms with Crippen LogP contribution in [0.15, 0.2) is 12.3 Å². The number of aromatic nitrogens is 2. The molecule has 0 aliphatic carbocycles. The van der Waals surface area contributed by atoms with Crippen LogP contribution in [0, 0.1) is 5.92 Å². The lowest BCUT2D eigenvalue weighted by atomic mass is 10.0. The van der Waals surface area contributed by atoms with Gasteiger partial charge in [-0.1, -0.05) is 26.1 Å². The van der Waals surface area contributed by atoms with Crippen molar-refractivity contribution in [3.05, 3.63) is 17.8 Å². The first-order valence-electron chi connectivity index (χ1n) is 5.99. The zero-order valence-corrected chi connectivity index (χ0v) is 11.1. The van der Waals surface area contributed by atoms with Crippen LogP contribution in [-0.4, -0.2) is 27.8 Å². The Balaban J connectivity index is 2.36. The van der Waals surface area contributed by atoms with Crippen LogP contribution < -0.4 is 10.6 Å². The van der Waals surface area contributed by atoms with E-state index in [-0.39, 0.29) is 0 Å². The van der Waals surface area contributed by atoms with E-state index in [1.807, 2.05) is 6.07 Å². The first kappa shape index (κ1) is 12.2. The zero-order valence-electron chi connectivity index (χ0n) is 10.3. The number of nitrogens with zero attached hydrogens (tertiary/aromatic N) is 3. The minimum Gasteiger partial charge on any atom is -0.389 e. The monoisotopic (exact) mass is 250 g/mol. The van der Waals surface area contributed by atoms with Crippen LogP contribution in [0.5, 0.6) is 0 Å². The van der Waals surface area contributed by atoms with Gasteiger partial charge in [0.1, 0.15) is 4.99 Å². The molecule has 17 heavy (non-hydrogen) atoms. The molecule has 0 amide bonds. The third-order valence-corrected chi connectivity index (χ3v) is 3.53. The van der Waals surface area contributed by atoms with Crippen molar-refractivity contribution >= 4 is 23.0 Å². The Morgan fingerprint density at radius 1 is 1.59 bits per heavy atom. The Kier molecular flexibility index (Phi) is 3.57. The third kappa shape index (κ3) is 2.39. The fourth-order valence-corrected chi connectivity index (χ4v) is 2.64. The van der Waals surface area contributed by atoms with Gasteiger partial charge in [0.25, 0.3) is 0 Å². The van der Waals surface area contributed by atoms with E-state index >= 15 is 0 Å². The van der Waals surface area contributed by atoms with Crippen molar-refractivity contribution in [1.29, 1.82) is 0 Å². The van der Waals surface area contributed by atoms with Gasteiger partial charge in [-0.05, 0) is 24.8 Å². The average Bonchev–Trinajstić information content (AvgIpc) is 2.77. The molecule has 2 N–H and O–H groups in total. The fraction of sp³-hybridized carbons (Fsp3) is 0.583. The van der Waals surface area contributed by atoms with E-state index in [9.17, 15) is 0 Å². The molecule has 1 aromatic heterocycles. The van der Waals surface area contributed by atoms with Gasteiger partial charge in [-0.25, -0.2) is 0 Å². The number of rotatable bonds is 3. The number of thiocarbonyl (C=S) groups is 1. The summed E-state index contributed by atoms with van der Waals surface area (Å²) in [6, 6.07) is 2.36. The van der Waals surface area contributed by atoms with Crippen molar-refractivity contribution < 1.29 is 0 Å². The Labute approximate surface area is 107 Å². The molecular formula is C12H18N4S. The van der Waals surface area contributed by atoms with Gasteiger partial charge < -0.3 is 10.6 Å². The summed E-state index contributed by atoms with van der Waals surface area (Å²) < 4.78 is 0. The summed E-state index contributed by atoms with van der Waals surface area (Å²) in [6.07, 6.45) is 4.03. The van der Waals surface area contributed by atoms with Crippen LogP contribution in [0.3, 0.4) is 0 Å². The predicted molar refractivity (Wildman–Crippen MR) is 73.1 cm³/mol. The number of hydrogen-bond acceptors (Lipinski definition) is 4. The predicted octanol–water partition coefficient (Wildman–Crippen LogP) is 1.74. The summed E-state index contributed by atoms with van der Waals surface area (Å²) >= 11 is 5.07. The molecule has 92 valence electrons. The lowest BCUT2D eigenvalue weighted by Gasteiger charge is -2.29. The van der Waals surface area contributed by atoms with Gasteiger partial charge in [0.2, 0.25) is 0 Å². The summed E-state index contributed by atoms with van der Waals surface area (Å²) in [7, 11) is 0. The highest BCUT2D eigenvalue weighted by molar-refractivity contribution is 7.80. The second-order valence-electron chi connectivity index (χ2n) is 4.78. The van der Waals surface area contributed by atoms with Crippen LogP contribution in [0.1, 0.15) is 32.3 Å². The minimum absolute atomic E-state index is 0.393. The summed E-state index contributed by atoms with van der Waals surface area (Å²) in [5, 5.41) is 8.18. The van der Waals surface area contributed by atoms with Crippen molar-refractivity contribution in [3.63, 3.8) is 0 Å². The lowest BCUT2D eigenvalue weighted by Crippen LogP contribution is -2.35. The molecule has 2 rings (SSSR count). The van der Waals surface area contributed by atoms with Crippen molar-refractivity contribution in [2.24, 2.45) is 11.7 Å². The maximum Gasteiger partial charge on any atom is 0.161 e. The molecule has 1 saturated heterocycles. The van der Waals surface area contributed by atoms with Gasteiger partial charge in [-0.3, -0.25) is 0 Å². The number of hydrogen-bond donors (Lipinski definition) is 1. The first-order valence-corrected chi connectivity index (χ1v) is 6.40. The summed E-state index contributed by atoms with van der Waals surface area (Å²) in [4.78, 5) is 2.69. The molecule has 5 heteroatoms. The van der Waals surface area contributed by atoms with Crippen molar-refractivity contribution in [1.82, 2.24) is 10.2 Å². The van der Waals surface area contributed by atoms with Crippen LogP contribution in [0.4, 0.5) is 5.82 Å². The van der Waals surface area contributed by atoms with Gasteiger partial charge in [0.15, 0.2) is 5.82 Å². The van der Waals surface area contributed by atoms with Gasteiger partial charge >= 0.3 is 0 Å². The highest BCUT2D eigenvalue weighted by Crippen LogP contribution is 2.29. The van der Waals surface area contributed by atoms with E-state index in [1.165, 1.54) is 12.8 Å². The molecule has 1 fully saturated rings. The van der Waals surface area contributed by atoms with Crippen molar-refractivity contribution in [2.45, 2.75) is 32.7 Å². The molecule has 1 unspecified atom stereocenters. The van der Waals surface area contributed by atoms with E-state index in [0.29, 0.717) is 16.9 Å². The summed E-state index contributed by atoms with van der Waals surface area (Å²) in [6.45, 7) is 5.48. The van der Waals surface area contributed by atoms with Crippen LogP contribution in [0.25, 0.3) is 0 Å². The topological polar surface area (TPSA) is 55.0 Å². The van der Waals surface area contributed by atoms with Crippen LogP contribution >= 0.6 is 12.2 Å². The SMILES string of the molecule is CC(C)C1CCCN1c1nnccc1C(N)=S. The Hall–Kier alpha value is -1.23. The highest BCUT2D eigenvalue weighted by atomic mass is 32.1. The van der Waals surface area contributed by atoms with Gasteiger partial charge in [0, 0.05) is 12.6 Å². The van der Waals surface area contributed by atoms with E-state index in [1.54, 1.807) is 6.20 Å². The molecule has 0 aromatic carbocycles. The molecule has 0 saturated carbocycles. The minimum atomic E-state index is 0.393. The van der Waals surface area contributed by atoms with Gasteiger partial charge in [0.05, 0.1) is 11.8 Å². The van der Waals surface area contributed by atoms with Gasteiger partial charge in [-0.2, -0.15) is 5.10 Å². The zero-order chi connectivity index (χ0) is 12.4. The standard InChI is InChI=1S/C12H18N4S/c1-8(2)10-4-3-7-16(10)12-9(11(13)17)5-6-14-15-12/h5-6,8,10H,3-4,7H2,1-2H3,(H2,13,17). The lowest BCUT2D eigenvalue weighted by molar-refractivity contribution is 0.488. The quantitative estimate of drug-likeness (QED) is 0.828. The fourth-order valence-electron chi connectivity index (χ4n) is 2.48. The molecule has 0 radical (unpaired) electrons. The summed E-state index contributed by atoms with van der Waals surface area (Å²) in [5.41, 5.74) is 6.58. The smallest absolute Gasteiger partial charge is 0.161 e. The molecule has 1 aliphatic rings. The first-order chi connectivity index (χ1) is 8.11. The van der Waals surface area contributed by atoms with E-state index in [4.69, 9.17) is 18.0 Å². The second kappa shape index (κ2) is 4.96. The number of anilines is 1. The maximum atomic E-state index is 5.74. The average molecular weight is 250 g/mol. The van der Waals surface area contributed by atoms with E-state index < -0.39 is 0 Å². The third-order valence-electron chi connectivity index (χ3n) is 3.31. The highest BCUT2D eigenvalue weighted by Gasteiger charge is 2.30. The molecule has 0 spiro atoms. The maximum absolute atomic E-state index is 5.74. The molecule has 2 heterocycles. The molecule has 1 aromatic rings. The Bertz CT molecular complexity index is 419. The van der Waals surface area contributed by atoms with E-state index in [2.05, 4.69) is 28.9 Å². The van der Waals surface area contributed by atoms with Crippen LogP contribution in [-0.2, 0) is 0 Å². The van der Waals surface area contributed by atoms with Crippen LogP contribution in [0.2, 0.25) is 0 Å². The molecular weight excluding hydrogens is 232 g/mol. The Morgan fingerprint density at radius 3 is 3.00 bits per heavy atom. The molecule has 1 aliphatic heterocycles. The van der Waals surface area contributed by atoms with Crippen molar-refractivity contribution in [2.75, 3.05) is 11.4 Å². The molecule has 4 nitrogen and oxygen atoms in total. The van der Waals surface area contributed by atoms with Crippen molar-refractivity contribution in [3.8, 4) is 0 Å². The van der Waals surface area contributed by atoms with Gasteiger partial charge in [-0.15, -0.1) is 5.10 Å². The molecule has 0 bridgehead atoms. The normalized spacial score (nSPS) is 19.9.